The van der Waals surface area contributed by atoms with Gasteiger partial charge in [0, 0.05) is 35.5 Å². The molecule has 0 aliphatic heterocycles. The van der Waals surface area contributed by atoms with Crippen molar-refractivity contribution in [2.24, 2.45) is 0 Å². The highest BCUT2D eigenvalue weighted by molar-refractivity contribution is 7.64. The van der Waals surface area contributed by atoms with Gasteiger partial charge in [-0.05, 0) is 57.8 Å². The second-order valence-corrected chi connectivity index (χ2v) is 22.6. The van der Waals surface area contributed by atoms with E-state index in [1.807, 2.05) is 0 Å². The molecule has 10 heteroatoms. The molecular formula is C30H66AlO6P3. The van der Waals surface area contributed by atoms with E-state index in [1.54, 1.807) is 0 Å². The van der Waals surface area contributed by atoms with Gasteiger partial charge in [-0.2, -0.15) is 0 Å². The van der Waals surface area contributed by atoms with Crippen LogP contribution in [0.4, 0.5) is 0 Å². The lowest BCUT2D eigenvalue weighted by Gasteiger charge is -2.35. The van der Waals surface area contributed by atoms with E-state index >= 15 is 0 Å². The topological polar surface area (TPSA) is 78.9 Å². The highest BCUT2D eigenvalue weighted by atomic mass is 31.2. The molecule has 0 amide bonds. The van der Waals surface area contributed by atoms with Gasteiger partial charge in [0.1, 0.15) is 0 Å². The first-order chi connectivity index (χ1) is 19.0. The number of unbranched alkanes of at least 4 members (excludes halogenated alkanes) is 3. The minimum Gasteiger partial charge on any atom is -0.405 e. The van der Waals surface area contributed by atoms with Crippen molar-refractivity contribution in [3.05, 3.63) is 0 Å². The predicted octanol–water partition coefficient (Wildman–Crippen LogP) is 12.0. The zero-order valence-corrected chi connectivity index (χ0v) is 31.7. The van der Waals surface area contributed by atoms with Gasteiger partial charge in [0.25, 0.3) is 0 Å². The molecule has 0 aromatic carbocycles. The van der Waals surface area contributed by atoms with Crippen LogP contribution >= 0.6 is 22.1 Å². The van der Waals surface area contributed by atoms with Gasteiger partial charge in [-0.15, -0.1) is 0 Å². The zero-order valence-electron chi connectivity index (χ0n) is 27.8. The Bertz CT molecular complexity index is 681. The summed E-state index contributed by atoms with van der Waals surface area (Å²) in [6, 6.07) is 0. The van der Waals surface area contributed by atoms with Crippen molar-refractivity contribution in [2.45, 2.75) is 176 Å². The summed E-state index contributed by atoms with van der Waals surface area (Å²) in [6.45, 7) is 18.8. The Morgan fingerprint density at radius 3 is 0.875 bits per heavy atom. The minimum absolute atomic E-state index is 0.0912. The minimum atomic E-state index is -3.31. The van der Waals surface area contributed by atoms with Crippen molar-refractivity contribution in [3.8, 4) is 0 Å². The van der Waals surface area contributed by atoms with E-state index in [9.17, 15) is 13.7 Å². The van der Waals surface area contributed by atoms with Crippen LogP contribution in [0, 0.1) is 0 Å². The lowest BCUT2D eigenvalue weighted by atomic mass is 10.2. The Hall–Kier alpha value is 1.10. The summed E-state index contributed by atoms with van der Waals surface area (Å²) in [4.78, 5) is 0. The molecule has 0 aliphatic carbocycles. The van der Waals surface area contributed by atoms with E-state index in [1.165, 1.54) is 0 Å². The Labute approximate surface area is 255 Å². The first-order valence-electron chi connectivity index (χ1n) is 16.8. The van der Waals surface area contributed by atoms with Crippen molar-refractivity contribution in [1.29, 1.82) is 0 Å². The lowest BCUT2D eigenvalue weighted by molar-refractivity contribution is 0.292. The molecule has 0 radical (unpaired) electrons. The summed E-state index contributed by atoms with van der Waals surface area (Å²) in [7, 11) is -9.54. The molecule has 0 spiro atoms. The van der Waals surface area contributed by atoms with Crippen LogP contribution in [0.15, 0.2) is 0 Å². The van der Waals surface area contributed by atoms with Gasteiger partial charge in [-0.25, -0.2) is 0 Å². The molecule has 0 N–H and O–H groups in total. The first-order valence-corrected chi connectivity index (χ1v) is 23.9. The van der Waals surface area contributed by atoms with Crippen LogP contribution in [0.1, 0.15) is 159 Å². The second kappa shape index (κ2) is 22.6. The fourth-order valence-electron chi connectivity index (χ4n) is 5.63. The number of hydrogen-bond donors (Lipinski definition) is 0. The van der Waals surface area contributed by atoms with Crippen molar-refractivity contribution in [2.75, 3.05) is 18.5 Å². The molecule has 0 aliphatic rings. The van der Waals surface area contributed by atoms with Crippen molar-refractivity contribution < 1.29 is 24.4 Å². The summed E-state index contributed by atoms with van der Waals surface area (Å²) < 4.78 is 64.1. The summed E-state index contributed by atoms with van der Waals surface area (Å²) in [5.41, 5.74) is -0.274. The molecule has 6 unspecified atom stereocenters. The predicted molar refractivity (Wildman–Crippen MR) is 178 cm³/mol. The van der Waals surface area contributed by atoms with Crippen LogP contribution in [0.5, 0.6) is 0 Å². The fraction of sp³-hybridized carbons (Fsp3) is 1.00. The van der Waals surface area contributed by atoms with Crippen LogP contribution in [0.2, 0.25) is 0 Å². The second-order valence-electron chi connectivity index (χ2n) is 11.6. The Kier molecular flexibility index (Phi) is 23.2. The van der Waals surface area contributed by atoms with Crippen molar-refractivity contribution in [1.82, 2.24) is 0 Å². The summed E-state index contributed by atoms with van der Waals surface area (Å²) in [5.74, 6) is 0. The van der Waals surface area contributed by atoms with Crippen LogP contribution in [0.3, 0.4) is 0 Å². The van der Waals surface area contributed by atoms with E-state index in [2.05, 4.69) is 62.3 Å². The molecule has 0 aromatic heterocycles. The average Bonchev–Trinajstić information content (AvgIpc) is 2.93. The molecule has 0 bridgehead atoms. The van der Waals surface area contributed by atoms with Crippen LogP contribution in [-0.4, -0.2) is 50.6 Å². The third-order valence-electron chi connectivity index (χ3n) is 8.21. The maximum atomic E-state index is 14.7. The maximum absolute atomic E-state index is 14.7. The van der Waals surface area contributed by atoms with E-state index < -0.39 is 37.3 Å². The van der Waals surface area contributed by atoms with Crippen molar-refractivity contribution >= 4 is 37.3 Å². The molecule has 6 nitrogen and oxygen atoms in total. The van der Waals surface area contributed by atoms with Gasteiger partial charge in [-0.3, -0.25) is 13.7 Å². The Balaban J connectivity index is 6.88. The normalized spacial score (nSPS) is 18.8. The summed E-state index contributed by atoms with van der Waals surface area (Å²) in [5, 5.41) is 0. The monoisotopic (exact) mass is 642 g/mol. The van der Waals surface area contributed by atoms with Gasteiger partial charge in [0.15, 0.2) is 22.1 Å². The number of rotatable bonds is 27. The quantitative estimate of drug-likeness (QED) is 0.0655. The van der Waals surface area contributed by atoms with Gasteiger partial charge >= 0.3 is 15.1 Å². The molecule has 40 heavy (non-hydrogen) atoms. The largest absolute Gasteiger partial charge is 0.921 e. The van der Waals surface area contributed by atoms with Crippen molar-refractivity contribution in [3.63, 3.8) is 0 Å². The summed E-state index contributed by atoms with van der Waals surface area (Å²) >= 11 is -3.31. The van der Waals surface area contributed by atoms with E-state index in [0.717, 1.165) is 96.3 Å². The molecule has 240 valence electrons. The molecule has 0 fully saturated rings. The van der Waals surface area contributed by atoms with Crippen LogP contribution < -0.4 is 0 Å². The molecule has 0 saturated heterocycles. The lowest BCUT2D eigenvalue weighted by Crippen LogP contribution is -2.31. The highest BCUT2D eigenvalue weighted by Crippen LogP contribution is 2.64. The highest BCUT2D eigenvalue weighted by Gasteiger charge is 2.52. The zero-order chi connectivity index (χ0) is 30.7. The average molecular weight is 643 g/mol. The Morgan fingerprint density at radius 2 is 0.700 bits per heavy atom. The number of hydrogen-bond acceptors (Lipinski definition) is 6. The SMILES string of the molecule is CCCCP(=O)([O][Al]([O]P(=O)(CCCC)C(CC)CCC)[O]P(=O)(CCCC)C(CC)CCC)C(CC)CCC. The van der Waals surface area contributed by atoms with Gasteiger partial charge in [0.05, 0.1) is 0 Å². The molecule has 6 atom stereocenters. The van der Waals surface area contributed by atoms with E-state index in [-0.39, 0.29) is 17.0 Å². The van der Waals surface area contributed by atoms with Crippen LogP contribution in [-0.2, 0) is 24.4 Å². The van der Waals surface area contributed by atoms with E-state index in [4.69, 9.17) is 10.7 Å². The molecular weight excluding hydrogens is 576 g/mol. The van der Waals surface area contributed by atoms with Crippen LogP contribution in [0.25, 0.3) is 0 Å². The standard InChI is InChI=1S/3C10H23O2P.Al/c3*1-4-7-9-13(11,12)10(6-3)8-5-2;/h3*10H,4-9H2,1-3H3,(H,11,12);/q;;;+3/p-3. The smallest absolute Gasteiger partial charge is 0.405 e. The van der Waals surface area contributed by atoms with Gasteiger partial charge < -0.3 is 10.7 Å². The Morgan fingerprint density at radius 1 is 0.450 bits per heavy atom. The van der Waals surface area contributed by atoms with Gasteiger partial charge in [0.2, 0.25) is 0 Å². The maximum Gasteiger partial charge on any atom is 0.921 e. The van der Waals surface area contributed by atoms with E-state index in [0.29, 0.717) is 18.5 Å². The summed E-state index contributed by atoms with van der Waals surface area (Å²) in [6.07, 6.45) is 13.9. The first kappa shape index (κ1) is 41.1. The molecule has 0 saturated carbocycles. The molecule has 0 aromatic rings. The molecule has 0 heterocycles. The van der Waals surface area contributed by atoms with Gasteiger partial charge in [-0.1, -0.05) is 101 Å². The third kappa shape index (κ3) is 13.8. The fourth-order valence-corrected chi connectivity index (χ4v) is 20.9. The molecule has 0 rings (SSSR count). The third-order valence-corrected chi connectivity index (χ3v) is 22.6.